The highest BCUT2D eigenvalue weighted by atomic mass is 16.6. The Balaban J connectivity index is 1.50. The fourth-order valence-corrected chi connectivity index (χ4v) is 4.73. The molecule has 2 aliphatic rings. The lowest BCUT2D eigenvalue weighted by Gasteiger charge is -2.40. The first kappa shape index (κ1) is 21.9. The maximum atomic E-state index is 13.1. The SMILES string of the molecule is CC(C)CC1C(=O)N(CC(=O)O)CCN1C(=O)OCC1c2ccccc2-c2ccccc21. The summed E-state index contributed by atoms with van der Waals surface area (Å²) in [4.78, 5) is 39.9. The molecule has 1 aliphatic carbocycles. The number of carboxylic acid groups (broad SMARTS) is 1. The summed E-state index contributed by atoms with van der Waals surface area (Å²) in [7, 11) is 0. The average molecular weight is 437 g/mol. The Morgan fingerprint density at radius 1 is 1.03 bits per heavy atom. The number of ether oxygens (including phenoxy) is 1. The molecule has 4 rings (SSSR count). The number of carboxylic acids is 1. The van der Waals surface area contributed by atoms with E-state index in [0.29, 0.717) is 6.42 Å². The largest absolute Gasteiger partial charge is 0.480 e. The van der Waals surface area contributed by atoms with Crippen molar-refractivity contribution in [3.05, 3.63) is 59.7 Å². The Morgan fingerprint density at radius 2 is 1.62 bits per heavy atom. The number of piperazine rings is 1. The minimum absolute atomic E-state index is 0.0566. The number of carbonyl (C=O) groups excluding carboxylic acids is 2. The molecule has 2 amide bonds. The molecule has 1 unspecified atom stereocenters. The minimum Gasteiger partial charge on any atom is -0.480 e. The average Bonchev–Trinajstić information content (AvgIpc) is 3.08. The van der Waals surface area contributed by atoms with E-state index >= 15 is 0 Å². The molecule has 1 aliphatic heterocycles. The van der Waals surface area contributed by atoms with E-state index in [1.807, 2.05) is 38.1 Å². The van der Waals surface area contributed by atoms with Crippen LogP contribution in [0.1, 0.15) is 37.3 Å². The predicted molar refractivity (Wildman–Crippen MR) is 119 cm³/mol. The quantitative estimate of drug-likeness (QED) is 0.748. The van der Waals surface area contributed by atoms with Crippen molar-refractivity contribution in [2.45, 2.75) is 32.2 Å². The maximum absolute atomic E-state index is 13.1. The zero-order valence-electron chi connectivity index (χ0n) is 18.4. The van der Waals surface area contributed by atoms with Gasteiger partial charge in [-0.25, -0.2) is 4.79 Å². The molecule has 2 aromatic rings. The second-order valence-electron chi connectivity index (χ2n) is 8.80. The van der Waals surface area contributed by atoms with E-state index < -0.39 is 18.1 Å². The number of benzene rings is 2. The zero-order valence-corrected chi connectivity index (χ0v) is 18.4. The molecule has 0 spiro atoms. The Kier molecular flexibility index (Phi) is 6.17. The summed E-state index contributed by atoms with van der Waals surface area (Å²) < 4.78 is 5.76. The third-order valence-corrected chi connectivity index (χ3v) is 6.18. The Hall–Kier alpha value is -3.35. The van der Waals surface area contributed by atoms with Crippen molar-refractivity contribution >= 4 is 18.0 Å². The van der Waals surface area contributed by atoms with Gasteiger partial charge in [-0.05, 0) is 34.6 Å². The molecule has 0 radical (unpaired) electrons. The molecule has 0 bridgehead atoms. The summed E-state index contributed by atoms with van der Waals surface area (Å²) in [6, 6.07) is 15.5. The second kappa shape index (κ2) is 9.02. The fraction of sp³-hybridized carbons (Fsp3) is 0.400. The van der Waals surface area contributed by atoms with E-state index in [1.54, 1.807) is 0 Å². The van der Waals surface area contributed by atoms with Crippen LogP contribution in [0, 0.1) is 5.92 Å². The lowest BCUT2D eigenvalue weighted by molar-refractivity contribution is -0.150. The van der Waals surface area contributed by atoms with Gasteiger partial charge in [0.2, 0.25) is 5.91 Å². The van der Waals surface area contributed by atoms with Crippen molar-refractivity contribution in [1.82, 2.24) is 9.80 Å². The van der Waals surface area contributed by atoms with E-state index in [1.165, 1.54) is 9.80 Å². The molecule has 1 fully saturated rings. The molecule has 168 valence electrons. The van der Waals surface area contributed by atoms with E-state index in [9.17, 15) is 14.4 Å². The summed E-state index contributed by atoms with van der Waals surface area (Å²) in [5.41, 5.74) is 4.56. The lowest BCUT2D eigenvalue weighted by Crippen LogP contribution is -2.60. The Labute approximate surface area is 187 Å². The van der Waals surface area contributed by atoms with E-state index in [-0.39, 0.29) is 44.0 Å². The highest BCUT2D eigenvalue weighted by Gasteiger charge is 2.39. The molecule has 7 nitrogen and oxygen atoms in total. The van der Waals surface area contributed by atoms with Gasteiger partial charge in [0.15, 0.2) is 0 Å². The summed E-state index contributed by atoms with van der Waals surface area (Å²) in [6.07, 6.45) is -0.0695. The van der Waals surface area contributed by atoms with Crippen molar-refractivity contribution in [2.24, 2.45) is 5.92 Å². The van der Waals surface area contributed by atoms with Crippen molar-refractivity contribution in [2.75, 3.05) is 26.2 Å². The van der Waals surface area contributed by atoms with Crippen LogP contribution >= 0.6 is 0 Å². The lowest BCUT2D eigenvalue weighted by atomic mass is 9.98. The van der Waals surface area contributed by atoms with Crippen LogP contribution < -0.4 is 0 Å². The van der Waals surface area contributed by atoms with Crippen LogP contribution in [0.5, 0.6) is 0 Å². The van der Waals surface area contributed by atoms with Gasteiger partial charge in [-0.15, -0.1) is 0 Å². The first-order valence-electron chi connectivity index (χ1n) is 11.0. The molecule has 1 heterocycles. The van der Waals surface area contributed by atoms with Crippen LogP contribution in [0.2, 0.25) is 0 Å². The van der Waals surface area contributed by atoms with Crippen LogP contribution in [0.4, 0.5) is 4.79 Å². The number of aliphatic carboxylic acids is 1. The molecule has 7 heteroatoms. The Bertz CT molecular complexity index is 989. The van der Waals surface area contributed by atoms with Crippen molar-refractivity contribution in [3.63, 3.8) is 0 Å². The first-order chi connectivity index (χ1) is 15.4. The topological polar surface area (TPSA) is 87.2 Å². The molecule has 1 saturated heterocycles. The standard InChI is InChI=1S/C25H28N2O5/c1-16(2)13-22-24(30)26(14-23(28)29)11-12-27(22)25(31)32-15-21-19-9-5-3-7-17(19)18-8-4-6-10-20(18)21/h3-10,16,21-22H,11-15H2,1-2H3,(H,28,29). The van der Waals surface area contributed by atoms with Gasteiger partial charge in [0.1, 0.15) is 19.2 Å². The van der Waals surface area contributed by atoms with Crippen LogP contribution in [0.15, 0.2) is 48.5 Å². The summed E-state index contributed by atoms with van der Waals surface area (Å²) in [6.45, 7) is 4.21. The Morgan fingerprint density at radius 3 is 2.19 bits per heavy atom. The zero-order chi connectivity index (χ0) is 22.8. The normalized spacial score (nSPS) is 18.0. The number of hydrogen-bond donors (Lipinski definition) is 1. The monoisotopic (exact) mass is 436 g/mol. The number of amides is 2. The van der Waals surface area contributed by atoms with Gasteiger partial charge >= 0.3 is 12.1 Å². The summed E-state index contributed by atoms with van der Waals surface area (Å²) >= 11 is 0. The fourth-order valence-electron chi connectivity index (χ4n) is 4.73. The molecule has 0 aromatic heterocycles. The first-order valence-corrected chi connectivity index (χ1v) is 11.0. The highest BCUT2D eigenvalue weighted by Crippen LogP contribution is 2.44. The number of rotatable bonds is 6. The molecular weight excluding hydrogens is 408 g/mol. The van der Waals surface area contributed by atoms with Crippen molar-refractivity contribution in [3.8, 4) is 11.1 Å². The van der Waals surface area contributed by atoms with Crippen LogP contribution in [-0.2, 0) is 14.3 Å². The van der Waals surface area contributed by atoms with Gasteiger partial charge in [0, 0.05) is 19.0 Å². The molecule has 0 saturated carbocycles. The van der Waals surface area contributed by atoms with Crippen LogP contribution in [0.3, 0.4) is 0 Å². The van der Waals surface area contributed by atoms with Gasteiger partial charge in [-0.2, -0.15) is 0 Å². The summed E-state index contributed by atoms with van der Waals surface area (Å²) in [5.74, 6) is -1.28. The van der Waals surface area contributed by atoms with Gasteiger partial charge in [0.05, 0.1) is 0 Å². The minimum atomic E-state index is -1.06. The van der Waals surface area contributed by atoms with Gasteiger partial charge in [-0.3, -0.25) is 14.5 Å². The van der Waals surface area contributed by atoms with Crippen molar-refractivity contribution in [1.29, 1.82) is 0 Å². The maximum Gasteiger partial charge on any atom is 0.410 e. The third kappa shape index (κ3) is 4.20. The second-order valence-corrected chi connectivity index (χ2v) is 8.80. The molecular formula is C25H28N2O5. The number of fused-ring (bicyclic) bond motifs is 3. The van der Waals surface area contributed by atoms with E-state index in [2.05, 4.69) is 24.3 Å². The number of nitrogens with zero attached hydrogens (tertiary/aromatic N) is 2. The van der Waals surface area contributed by atoms with Crippen LogP contribution in [0.25, 0.3) is 11.1 Å². The number of hydrogen-bond acceptors (Lipinski definition) is 4. The smallest absolute Gasteiger partial charge is 0.410 e. The molecule has 1 N–H and O–H groups in total. The van der Waals surface area contributed by atoms with Crippen molar-refractivity contribution < 1.29 is 24.2 Å². The van der Waals surface area contributed by atoms with Gasteiger partial charge in [0.25, 0.3) is 0 Å². The molecule has 1 atom stereocenters. The van der Waals surface area contributed by atoms with Crippen LogP contribution in [-0.4, -0.2) is 65.2 Å². The molecule has 2 aromatic carbocycles. The molecule has 32 heavy (non-hydrogen) atoms. The van der Waals surface area contributed by atoms with Gasteiger partial charge in [-0.1, -0.05) is 62.4 Å². The third-order valence-electron chi connectivity index (χ3n) is 6.18. The van der Waals surface area contributed by atoms with Gasteiger partial charge < -0.3 is 14.7 Å². The summed E-state index contributed by atoms with van der Waals surface area (Å²) in [5, 5.41) is 9.09. The predicted octanol–water partition coefficient (Wildman–Crippen LogP) is 3.58. The van der Waals surface area contributed by atoms with E-state index in [4.69, 9.17) is 9.84 Å². The van der Waals surface area contributed by atoms with E-state index in [0.717, 1.165) is 22.3 Å². The number of carbonyl (C=O) groups is 3. The highest BCUT2D eigenvalue weighted by molar-refractivity contribution is 5.89.